The largest absolute Gasteiger partial charge is 0.450 e. The minimum Gasteiger partial charge on any atom is -0.450 e. The van der Waals surface area contributed by atoms with Gasteiger partial charge in [-0.15, -0.1) is 0 Å². The SMILES string of the molecule is CCOC(=O)N1CCC(NCCC(=O)NCCc2c[nH]c3ccccc23)CC1. The Labute approximate surface area is 165 Å². The molecule has 0 spiro atoms. The van der Waals surface area contributed by atoms with Gasteiger partial charge in [0.25, 0.3) is 0 Å². The quantitative estimate of drug-likeness (QED) is 0.650. The average Bonchev–Trinajstić information content (AvgIpc) is 3.12. The molecule has 1 saturated heterocycles. The maximum Gasteiger partial charge on any atom is 0.409 e. The number of aromatic amines is 1. The third-order valence-electron chi connectivity index (χ3n) is 5.20. The summed E-state index contributed by atoms with van der Waals surface area (Å²) in [6.07, 6.45) is 4.85. The van der Waals surface area contributed by atoms with Gasteiger partial charge < -0.3 is 25.3 Å². The molecule has 2 heterocycles. The van der Waals surface area contributed by atoms with Crippen LogP contribution in [0.3, 0.4) is 0 Å². The fourth-order valence-corrected chi connectivity index (χ4v) is 3.63. The highest BCUT2D eigenvalue weighted by Gasteiger charge is 2.23. The molecule has 1 aliphatic rings. The Morgan fingerprint density at radius 1 is 1.21 bits per heavy atom. The van der Waals surface area contributed by atoms with Crippen LogP contribution < -0.4 is 10.6 Å². The summed E-state index contributed by atoms with van der Waals surface area (Å²) in [5, 5.41) is 7.64. The van der Waals surface area contributed by atoms with Crippen molar-refractivity contribution < 1.29 is 14.3 Å². The number of hydrogen-bond donors (Lipinski definition) is 3. The van der Waals surface area contributed by atoms with Crippen molar-refractivity contribution in [1.29, 1.82) is 0 Å². The molecule has 0 saturated carbocycles. The van der Waals surface area contributed by atoms with Crippen LogP contribution in [-0.4, -0.2) is 60.7 Å². The van der Waals surface area contributed by atoms with Gasteiger partial charge in [0.1, 0.15) is 0 Å². The minimum atomic E-state index is -0.226. The van der Waals surface area contributed by atoms with Crippen LogP contribution in [0.5, 0.6) is 0 Å². The average molecular weight is 386 g/mol. The summed E-state index contributed by atoms with van der Waals surface area (Å²) in [6.45, 7) is 4.92. The third-order valence-corrected chi connectivity index (χ3v) is 5.20. The van der Waals surface area contributed by atoms with E-state index >= 15 is 0 Å². The zero-order valence-corrected chi connectivity index (χ0v) is 16.5. The lowest BCUT2D eigenvalue weighted by Gasteiger charge is -2.31. The van der Waals surface area contributed by atoms with Gasteiger partial charge in [-0.25, -0.2) is 4.79 Å². The molecule has 28 heavy (non-hydrogen) atoms. The molecule has 0 unspecified atom stereocenters. The Kier molecular flexibility index (Phi) is 7.31. The molecule has 3 rings (SSSR count). The standard InChI is InChI=1S/C21H30N4O3/c1-2-28-21(27)25-13-9-17(10-14-25)22-12-8-20(26)23-11-7-16-15-24-19-6-4-3-5-18(16)19/h3-6,15,17,22,24H,2,7-14H2,1H3,(H,23,26). The number of hydrogen-bond acceptors (Lipinski definition) is 4. The maximum atomic E-state index is 12.1. The van der Waals surface area contributed by atoms with Gasteiger partial charge in [-0.2, -0.15) is 0 Å². The number of piperidine rings is 1. The molecule has 3 N–H and O–H groups in total. The number of benzene rings is 1. The first kappa shape index (κ1) is 20.2. The molecule has 1 aliphatic heterocycles. The molecule has 2 aromatic rings. The Balaban J connectivity index is 1.28. The van der Waals surface area contributed by atoms with Gasteiger partial charge in [-0.3, -0.25) is 4.79 Å². The van der Waals surface area contributed by atoms with E-state index in [9.17, 15) is 9.59 Å². The number of H-pyrrole nitrogens is 1. The number of likely N-dealkylation sites (tertiary alicyclic amines) is 1. The van der Waals surface area contributed by atoms with E-state index in [2.05, 4.69) is 27.8 Å². The summed E-state index contributed by atoms with van der Waals surface area (Å²) in [6, 6.07) is 8.55. The van der Waals surface area contributed by atoms with Crippen LogP contribution in [0.25, 0.3) is 10.9 Å². The van der Waals surface area contributed by atoms with Gasteiger partial charge in [0.15, 0.2) is 0 Å². The van der Waals surface area contributed by atoms with Crippen LogP contribution in [0.15, 0.2) is 30.5 Å². The van der Waals surface area contributed by atoms with Gasteiger partial charge in [0.05, 0.1) is 6.61 Å². The minimum absolute atomic E-state index is 0.0660. The van der Waals surface area contributed by atoms with Crippen LogP contribution >= 0.6 is 0 Å². The molecular weight excluding hydrogens is 356 g/mol. The number of rotatable bonds is 8. The van der Waals surface area contributed by atoms with E-state index < -0.39 is 0 Å². The van der Waals surface area contributed by atoms with Crippen molar-refractivity contribution in [3.8, 4) is 0 Å². The number of nitrogens with one attached hydrogen (secondary N) is 3. The van der Waals surface area contributed by atoms with Crippen molar-refractivity contribution in [1.82, 2.24) is 20.5 Å². The van der Waals surface area contributed by atoms with Crippen LogP contribution in [0.2, 0.25) is 0 Å². The van der Waals surface area contributed by atoms with Gasteiger partial charge in [0.2, 0.25) is 5.91 Å². The van der Waals surface area contributed by atoms with E-state index in [0.717, 1.165) is 24.8 Å². The molecule has 2 amide bonds. The second-order valence-electron chi connectivity index (χ2n) is 7.12. The van der Waals surface area contributed by atoms with Crippen LogP contribution in [0.1, 0.15) is 31.7 Å². The fraction of sp³-hybridized carbons (Fsp3) is 0.524. The van der Waals surface area contributed by atoms with Gasteiger partial charge in [0, 0.05) is 55.7 Å². The van der Waals surface area contributed by atoms with E-state index in [1.54, 1.807) is 4.90 Å². The zero-order valence-electron chi connectivity index (χ0n) is 16.5. The van der Waals surface area contributed by atoms with Crippen molar-refractivity contribution >= 4 is 22.9 Å². The summed E-state index contributed by atoms with van der Waals surface area (Å²) in [7, 11) is 0. The van der Waals surface area contributed by atoms with E-state index in [4.69, 9.17) is 4.74 Å². The van der Waals surface area contributed by atoms with Crippen molar-refractivity contribution in [2.24, 2.45) is 0 Å². The lowest BCUT2D eigenvalue weighted by molar-refractivity contribution is -0.121. The van der Waals surface area contributed by atoms with Gasteiger partial charge >= 0.3 is 6.09 Å². The Morgan fingerprint density at radius 2 is 2.00 bits per heavy atom. The normalized spacial score (nSPS) is 15.0. The molecule has 7 nitrogen and oxygen atoms in total. The van der Waals surface area contributed by atoms with Gasteiger partial charge in [-0.05, 0) is 37.8 Å². The lowest BCUT2D eigenvalue weighted by atomic mass is 10.1. The smallest absolute Gasteiger partial charge is 0.409 e. The van der Waals surface area contributed by atoms with E-state index in [1.165, 1.54) is 10.9 Å². The molecule has 7 heteroatoms. The molecule has 1 aromatic carbocycles. The predicted molar refractivity (Wildman–Crippen MR) is 109 cm³/mol. The molecule has 0 bridgehead atoms. The third kappa shape index (κ3) is 5.48. The summed E-state index contributed by atoms with van der Waals surface area (Å²) in [4.78, 5) is 28.8. The first-order chi connectivity index (χ1) is 13.7. The molecule has 1 aromatic heterocycles. The molecule has 0 aliphatic carbocycles. The van der Waals surface area contributed by atoms with Crippen molar-refractivity contribution in [3.05, 3.63) is 36.0 Å². The summed E-state index contributed by atoms with van der Waals surface area (Å²) >= 11 is 0. The van der Waals surface area contributed by atoms with E-state index in [1.807, 2.05) is 25.3 Å². The number of nitrogens with zero attached hydrogens (tertiary/aromatic N) is 1. The number of ether oxygens (including phenoxy) is 1. The highest BCUT2D eigenvalue weighted by Crippen LogP contribution is 2.17. The predicted octanol–water partition coefficient (Wildman–Crippen LogP) is 2.43. The Hall–Kier alpha value is -2.54. The van der Waals surface area contributed by atoms with Crippen LogP contribution in [0, 0.1) is 0 Å². The first-order valence-corrected chi connectivity index (χ1v) is 10.1. The molecule has 0 atom stereocenters. The monoisotopic (exact) mass is 386 g/mol. The topological polar surface area (TPSA) is 86.5 Å². The van der Waals surface area contributed by atoms with E-state index in [-0.39, 0.29) is 12.0 Å². The molecular formula is C21H30N4O3. The second-order valence-corrected chi connectivity index (χ2v) is 7.12. The molecule has 1 fully saturated rings. The second kappa shape index (κ2) is 10.1. The number of aromatic nitrogens is 1. The zero-order chi connectivity index (χ0) is 19.8. The highest BCUT2D eigenvalue weighted by atomic mass is 16.6. The Morgan fingerprint density at radius 3 is 2.79 bits per heavy atom. The Bertz CT molecular complexity index is 781. The molecule has 152 valence electrons. The first-order valence-electron chi connectivity index (χ1n) is 10.1. The summed E-state index contributed by atoms with van der Waals surface area (Å²) in [5.74, 6) is 0.0660. The van der Waals surface area contributed by atoms with Gasteiger partial charge in [-0.1, -0.05) is 18.2 Å². The van der Waals surface area contributed by atoms with Crippen molar-refractivity contribution in [2.45, 2.75) is 38.6 Å². The number of carbonyl (C=O) groups excluding carboxylic acids is 2. The number of carbonyl (C=O) groups is 2. The number of amides is 2. The summed E-state index contributed by atoms with van der Waals surface area (Å²) < 4.78 is 5.03. The van der Waals surface area contributed by atoms with Crippen molar-refractivity contribution in [2.75, 3.05) is 32.8 Å². The van der Waals surface area contributed by atoms with Crippen LogP contribution in [0.4, 0.5) is 4.79 Å². The summed E-state index contributed by atoms with van der Waals surface area (Å²) in [5.41, 5.74) is 2.35. The highest BCUT2D eigenvalue weighted by molar-refractivity contribution is 5.83. The van der Waals surface area contributed by atoms with E-state index in [0.29, 0.717) is 45.2 Å². The maximum absolute atomic E-state index is 12.1. The van der Waals surface area contributed by atoms with Crippen LogP contribution in [-0.2, 0) is 16.0 Å². The number of fused-ring (bicyclic) bond motifs is 1. The van der Waals surface area contributed by atoms with Crippen molar-refractivity contribution in [3.63, 3.8) is 0 Å². The fourth-order valence-electron chi connectivity index (χ4n) is 3.63. The molecule has 0 radical (unpaired) electrons. The lowest BCUT2D eigenvalue weighted by Crippen LogP contribution is -2.45. The number of para-hydroxylation sites is 1.